The molecule has 2 aliphatic carbocycles. The molecule has 3 N–H and O–H groups in total. The molecule has 6 nitrogen and oxygen atoms in total. The van der Waals surface area contributed by atoms with Crippen LogP contribution in [0.25, 0.3) is 0 Å². The number of carboxylic acid groups (broad SMARTS) is 1. The molecule has 0 unspecified atom stereocenters. The van der Waals surface area contributed by atoms with Crippen LogP contribution in [0.2, 0.25) is 0 Å². The summed E-state index contributed by atoms with van der Waals surface area (Å²) in [6.07, 6.45) is 4.42. The highest BCUT2D eigenvalue weighted by molar-refractivity contribution is 7.14. The van der Waals surface area contributed by atoms with Crippen LogP contribution >= 0.6 is 11.3 Å². The van der Waals surface area contributed by atoms with Crippen molar-refractivity contribution >= 4 is 39.8 Å². The first kappa shape index (κ1) is 18.4. The molecule has 0 spiro atoms. The highest BCUT2D eigenvalue weighted by Crippen LogP contribution is 2.48. The minimum atomic E-state index is -0.985. The Morgan fingerprint density at radius 1 is 1.04 bits per heavy atom. The number of hydrogen-bond donors (Lipinski definition) is 3. The number of anilines is 2. The zero-order chi connectivity index (χ0) is 19.8. The number of halogens is 1. The largest absolute Gasteiger partial charge is 0.481 e. The van der Waals surface area contributed by atoms with E-state index in [0.717, 1.165) is 11.3 Å². The van der Waals surface area contributed by atoms with Gasteiger partial charge in [-0.2, -0.15) is 0 Å². The van der Waals surface area contributed by atoms with E-state index in [2.05, 4.69) is 10.6 Å². The van der Waals surface area contributed by atoms with Gasteiger partial charge in [-0.25, -0.2) is 4.39 Å². The Morgan fingerprint density at radius 2 is 1.75 bits per heavy atom. The molecule has 0 radical (unpaired) electrons. The Bertz CT molecular complexity index is 986. The fraction of sp³-hybridized carbons (Fsp3) is 0.250. The van der Waals surface area contributed by atoms with Crippen molar-refractivity contribution < 1.29 is 23.9 Å². The topological polar surface area (TPSA) is 95.5 Å². The third kappa shape index (κ3) is 3.20. The summed E-state index contributed by atoms with van der Waals surface area (Å²) in [4.78, 5) is 36.9. The van der Waals surface area contributed by atoms with Gasteiger partial charge < -0.3 is 15.7 Å². The fourth-order valence-electron chi connectivity index (χ4n) is 4.05. The molecule has 1 saturated carbocycles. The summed E-state index contributed by atoms with van der Waals surface area (Å²) < 4.78 is 13.8. The molecule has 2 aromatic rings. The van der Waals surface area contributed by atoms with Crippen molar-refractivity contribution in [3.63, 3.8) is 0 Å². The Labute approximate surface area is 164 Å². The van der Waals surface area contributed by atoms with Crippen molar-refractivity contribution in [2.75, 3.05) is 10.6 Å². The normalized spacial score (nSPS) is 24.9. The molecular formula is C20H17FN2O4S. The van der Waals surface area contributed by atoms with Gasteiger partial charge in [0.15, 0.2) is 0 Å². The second kappa shape index (κ2) is 7.20. The SMILES string of the molecule is O=C(Nc1ccccc1F)c1ccsc1NC(=O)[C@@H]1[C@@H](C(=O)O)[C@H]2C=C[C@H]1C2. The Balaban J connectivity index is 1.51. The molecule has 1 aromatic carbocycles. The van der Waals surface area contributed by atoms with Crippen molar-refractivity contribution in [1.29, 1.82) is 0 Å². The first-order valence-electron chi connectivity index (χ1n) is 8.81. The summed E-state index contributed by atoms with van der Waals surface area (Å²) in [5.74, 6) is -4.18. The molecule has 144 valence electrons. The molecule has 2 amide bonds. The minimum absolute atomic E-state index is 0.0418. The van der Waals surface area contributed by atoms with Crippen LogP contribution in [0.15, 0.2) is 47.9 Å². The number of hydrogen-bond acceptors (Lipinski definition) is 4. The summed E-state index contributed by atoms with van der Waals surface area (Å²) in [5.41, 5.74) is 0.243. The quantitative estimate of drug-likeness (QED) is 0.668. The third-order valence-electron chi connectivity index (χ3n) is 5.32. The minimum Gasteiger partial charge on any atom is -0.481 e. The molecule has 1 aromatic heterocycles. The van der Waals surface area contributed by atoms with E-state index in [4.69, 9.17) is 0 Å². The number of para-hydroxylation sites is 1. The van der Waals surface area contributed by atoms with Crippen LogP contribution in [0.4, 0.5) is 15.1 Å². The lowest BCUT2D eigenvalue weighted by molar-refractivity contribution is -0.146. The first-order chi connectivity index (χ1) is 13.5. The molecule has 2 bridgehead atoms. The highest BCUT2D eigenvalue weighted by Gasteiger charge is 2.51. The number of carboxylic acids is 1. The zero-order valence-corrected chi connectivity index (χ0v) is 15.4. The standard InChI is InChI=1S/C20H17FN2O4S/c21-13-3-1-2-4-14(13)22-17(24)12-7-8-28-19(12)23-18(25)15-10-5-6-11(9-10)16(15)20(26)27/h1-8,10-11,15-16H,9H2,(H,22,24)(H,23,25)(H,26,27)/t10-,11-,15-,16-/m0/s1. The van der Waals surface area contributed by atoms with E-state index < -0.39 is 35.4 Å². The molecule has 4 rings (SSSR count). The van der Waals surface area contributed by atoms with Gasteiger partial charge in [-0.05, 0) is 41.8 Å². The maximum atomic E-state index is 13.8. The number of amides is 2. The summed E-state index contributed by atoms with van der Waals surface area (Å²) in [7, 11) is 0. The summed E-state index contributed by atoms with van der Waals surface area (Å²) in [5, 5.41) is 16.7. The number of carbonyl (C=O) groups excluding carboxylic acids is 2. The molecule has 8 heteroatoms. The number of aliphatic carboxylic acids is 1. The average molecular weight is 400 g/mol. The van der Waals surface area contributed by atoms with Gasteiger partial charge >= 0.3 is 5.97 Å². The number of allylic oxidation sites excluding steroid dienone is 2. The van der Waals surface area contributed by atoms with Crippen LogP contribution < -0.4 is 10.6 Å². The highest BCUT2D eigenvalue weighted by atomic mass is 32.1. The lowest BCUT2D eigenvalue weighted by Gasteiger charge is -2.23. The molecule has 0 saturated heterocycles. The van der Waals surface area contributed by atoms with Crippen molar-refractivity contribution in [3.05, 3.63) is 59.2 Å². The summed E-state index contributed by atoms with van der Waals surface area (Å²) in [6.45, 7) is 0. The zero-order valence-electron chi connectivity index (χ0n) is 14.6. The van der Waals surface area contributed by atoms with Crippen LogP contribution in [0.5, 0.6) is 0 Å². The van der Waals surface area contributed by atoms with Crippen LogP contribution in [-0.4, -0.2) is 22.9 Å². The lowest BCUT2D eigenvalue weighted by Crippen LogP contribution is -2.36. The van der Waals surface area contributed by atoms with Crippen molar-refractivity contribution in [1.82, 2.24) is 0 Å². The molecule has 0 aliphatic heterocycles. The molecule has 4 atom stereocenters. The maximum absolute atomic E-state index is 13.8. The summed E-state index contributed by atoms with van der Waals surface area (Å²) >= 11 is 1.16. The second-order valence-electron chi connectivity index (χ2n) is 6.92. The van der Waals surface area contributed by atoms with Crippen molar-refractivity contribution in [2.24, 2.45) is 23.7 Å². The van der Waals surface area contributed by atoms with E-state index in [1.165, 1.54) is 24.3 Å². The van der Waals surface area contributed by atoms with Crippen molar-refractivity contribution in [3.8, 4) is 0 Å². The first-order valence-corrected chi connectivity index (χ1v) is 9.69. The Kier molecular flexibility index (Phi) is 4.72. The monoisotopic (exact) mass is 400 g/mol. The lowest BCUT2D eigenvalue weighted by atomic mass is 9.82. The van der Waals surface area contributed by atoms with Crippen LogP contribution in [0, 0.1) is 29.5 Å². The summed E-state index contributed by atoms with van der Waals surface area (Å²) in [6, 6.07) is 7.33. The number of thiophene rings is 1. The Hall–Kier alpha value is -3.00. The van der Waals surface area contributed by atoms with Crippen LogP contribution in [-0.2, 0) is 9.59 Å². The van der Waals surface area contributed by atoms with E-state index in [-0.39, 0.29) is 23.1 Å². The van der Waals surface area contributed by atoms with E-state index in [9.17, 15) is 23.9 Å². The van der Waals surface area contributed by atoms with Crippen molar-refractivity contribution in [2.45, 2.75) is 6.42 Å². The van der Waals surface area contributed by atoms with E-state index in [0.29, 0.717) is 11.4 Å². The Morgan fingerprint density at radius 3 is 2.46 bits per heavy atom. The molecule has 1 fully saturated rings. The number of carbonyl (C=O) groups is 3. The number of nitrogens with one attached hydrogen (secondary N) is 2. The number of benzene rings is 1. The molecule has 1 heterocycles. The fourth-order valence-corrected chi connectivity index (χ4v) is 4.84. The van der Waals surface area contributed by atoms with Gasteiger partial charge in [0.05, 0.1) is 23.1 Å². The van der Waals surface area contributed by atoms with Gasteiger partial charge in [0.1, 0.15) is 10.8 Å². The van der Waals surface area contributed by atoms with Gasteiger partial charge in [-0.1, -0.05) is 24.3 Å². The smallest absolute Gasteiger partial charge is 0.307 e. The second-order valence-corrected chi connectivity index (χ2v) is 7.84. The number of rotatable bonds is 5. The van der Waals surface area contributed by atoms with E-state index in [1.54, 1.807) is 11.4 Å². The molecular weight excluding hydrogens is 383 g/mol. The average Bonchev–Trinajstić information content (AvgIpc) is 3.38. The van der Waals surface area contributed by atoms with E-state index in [1.807, 2.05) is 12.2 Å². The third-order valence-corrected chi connectivity index (χ3v) is 6.15. The van der Waals surface area contributed by atoms with Crippen LogP contribution in [0.3, 0.4) is 0 Å². The van der Waals surface area contributed by atoms with Crippen LogP contribution in [0.1, 0.15) is 16.8 Å². The predicted octanol–water partition coefficient (Wildman–Crippen LogP) is 3.60. The van der Waals surface area contributed by atoms with Gasteiger partial charge in [0, 0.05) is 0 Å². The number of fused-ring (bicyclic) bond motifs is 2. The maximum Gasteiger partial charge on any atom is 0.307 e. The van der Waals surface area contributed by atoms with Gasteiger partial charge in [-0.15, -0.1) is 11.3 Å². The van der Waals surface area contributed by atoms with E-state index >= 15 is 0 Å². The van der Waals surface area contributed by atoms with Gasteiger partial charge in [-0.3, -0.25) is 14.4 Å². The molecule has 2 aliphatic rings. The van der Waals surface area contributed by atoms with Gasteiger partial charge in [0.25, 0.3) is 5.91 Å². The molecule has 28 heavy (non-hydrogen) atoms. The van der Waals surface area contributed by atoms with Gasteiger partial charge in [0.2, 0.25) is 5.91 Å². The predicted molar refractivity (Wildman–Crippen MR) is 103 cm³/mol.